The molecule has 2 aromatic carbocycles. The molecule has 0 aliphatic carbocycles. The molecule has 1 spiro atoms. The van der Waals surface area contributed by atoms with Crippen molar-refractivity contribution in [3.05, 3.63) is 99.9 Å². The molecule has 2 fully saturated rings. The van der Waals surface area contributed by atoms with Gasteiger partial charge in [-0.1, -0.05) is 30.3 Å². The summed E-state index contributed by atoms with van der Waals surface area (Å²) >= 11 is 0. The number of para-hydroxylation sites is 1. The number of nitrogens with zero attached hydrogens (tertiary/aromatic N) is 3. The first-order chi connectivity index (χ1) is 16.5. The molecule has 3 aliphatic rings. The summed E-state index contributed by atoms with van der Waals surface area (Å²) in [5.74, 6) is -1.48. The number of carbonyl (C=O) groups excluding carboxylic acids is 2. The number of non-ortho nitro benzene ring substituents is 1. The van der Waals surface area contributed by atoms with Crippen molar-refractivity contribution in [3.63, 3.8) is 0 Å². The van der Waals surface area contributed by atoms with Crippen LogP contribution in [-0.2, 0) is 10.3 Å². The number of anilines is 1. The maximum Gasteiger partial charge on any atom is 0.269 e. The van der Waals surface area contributed by atoms with Gasteiger partial charge >= 0.3 is 0 Å². The van der Waals surface area contributed by atoms with E-state index >= 15 is 0 Å². The Morgan fingerprint density at radius 1 is 1.12 bits per heavy atom. The van der Waals surface area contributed by atoms with Gasteiger partial charge in [-0.2, -0.15) is 0 Å². The van der Waals surface area contributed by atoms with E-state index in [4.69, 9.17) is 0 Å². The lowest BCUT2D eigenvalue weighted by Gasteiger charge is -2.36. The molecular weight excluding hydrogens is 432 g/mol. The Balaban J connectivity index is 1.62. The highest BCUT2D eigenvalue weighted by atomic mass is 16.6. The first kappa shape index (κ1) is 20.7. The van der Waals surface area contributed by atoms with Gasteiger partial charge in [-0.25, -0.2) is 0 Å². The topological polar surface area (TPSA) is 105 Å². The minimum atomic E-state index is -1.17. The summed E-state index contributed by atoms with van der Waals surface area (Å²) < 4.78 is 0. The van der Waals surface area contributed by atoms with Gasteiger partial charge in [0.05, 0.1) is 10.8 Å². The summed E-state index contributed by atoms with van der Waals surface area (Å²) in [6.45, 7) is 0.679. The van der Waals surface area contributed by atoms with Gasteiger partial charge in [0.25, 0.3) is 5.69 Å². The predicted molar refractivity (Wildman–Crippen MR) is 124 cm³/mol. The highest BCUT2D eigenvalue weighted by Gasteiger charge is 2.69. The standard InChI is InChI=1S/C26H22N4O4/c31-24(16-10-12-27-13-11-16)23-22(17-5-3-6-18(15-17)30(33)34)21-9-4-14-29(21)26(23)19-7-1-2-8-20(19)28-25(26)32/h1-3,5-8,10-13,15,21-23H,4,9,14H2,(H,28,32)/t21-,22-,23+,26-/m1/s1. The Hall–Kier alpha value is -3.91. The Morgan fingerprint density at radius 3 is 2.71 bits per heavy atom. The summed E-state index contributed by atoms with van der Waals surface area (Å²) in [7, 11) is 0. The molecule has 3 aliphatic heterocycles. The van der Waals surface area contributed by atoms with Crippen LogP contribution in [0.4, 0.5) is 11.4 Å². The fraction of sp³-hybridized carbons (Fsp3) is 0.269. The zero-order chi connectivity index (χ0) is 23.4. The number of rotatable bonds is 4. The van der Waals surface area contributed by atoms with Crippen molar-refractivity contribution in [3.8, 4) is 0 Å². The fourth-order valence-corrected chi connectivity index (χ4v) is 6.43. The van der Waals surface area contributed by atoms with Crippen LogP contribution in [0.2, 0.25) is 0 Å². The smallest absolute Gasteiger partial charge is 0.269 e. The zero-order valence-electron chi connectivity index (χ0n) is 18.3. The van der Waals surface area contributed by atoms with Crippen LogP contribution in [0.1, 0.15) is 40.2 Å². The number of nitro groups is 1. The number of benzene rings is 2. The van der Waals surface area contributed by atoms with Crippen LogP contribution < -0.4 is 5.32 Å². The number of ketones is 1. The van der Waals surface area contributed by atoms with Crippen LogP contribution in [0.25, 0.3) is 0 Å². The molecule has 170 valence electrons. The predicted octanol–water partition coefficient (Wildman–Crippen LogP) is 3.90. The van der Waals surface area contributed by atoms with E-state index in [2.05, 4.69) is 15.2 Å². The molecule has 0 unspecified atom stereocenters. The Kier molecular flexibility index (Phi) is 4.60. The van der Waals surface area contributed by atoms with E-state index in [1.807, 2.05) is 30.3 Å². The molecule has 6 rings (SSSR count). The third-order valence-electron chi connectivity index (χ3n) is 7.62. The van der Waals surface area contributed by atoms with Gasteiger partial charge in [-0.3, -0.25) is 29.6 Å². The number of nitro benzene ring substituents is 1. The fourth-order valence-electron chi connectivity index (χ4n) is 6.43. The summed E-state index contributed by atoms with van der Waals surface area (Å²) in [6, 6.07) is 17.3. The van der Waals surface area contributed by atoms with Crippen molar-refractivity contribution in [2.45, 2.75) is 30.3 Å². The minimum Gasteiger partial charge on any atom is -0.324 e. The highest BCUT2D eigenvalue weighted by molar-refractivity contribution is 6.12. The SMILES string of the molecule is O=C(c1ccncc1)[C@@H]1[C@H](c2cccc([N+](=O)[O-])c2)[C@H]2CCCN2[C@@]12C(=O)Nc1ccccc12. The number of nitrogens with one attached hydrogen (secondary N) is 1. The minimum absolute atomic E-state index is 0.0191. The average Bonchev–Trinajstić information content (AvgIpc) is 3.52. The molecule has 0 saturated carbocycles. The summed E-state index contributed by atoms with van der Waals surface area (Å²) in [5.41, 5.74) is 1.51. The van der Waals surface area contributed by atoms with E-state index in [9.17, 15) is 19.7 Å². The molecule has 1 aromatic heterocycles. The van der Waals surface area contributed by atoms with Gasteiger partial charge in [0.2, 0.25) is 5.91 Å². The zero-order valence-corrected chi connectivity index (χ0v) is 18.3. The molecular formula is C26H22N4O4. The van der Waals surface area contributed by atoms with Crippen molar-refractivity contribution >= 4 is 23.1 Å². The molecule has 34 heavy (non-hydrogen) atoms. The van der Waals surface area contributed by atoms with E-state index in [0.717, 1.165) is 18.4 Å². The molecule has 8 nitrogen and oxygen atoms in total. The van der Waals surface area contributed by atoms with E-state index in [1.165, 1.54) is 6.07 Å². The first-order valence-corrected chi connectivity index (χ1v) is 11.4. The molecule has 4 atom stereocenters. The molecule has 0 bridgehead atoms. The lowest BCUT2D eigenvalue weighted by Crippen LogP contribution is -2.52. The highest BCUT2D eigenvalue weighted by Crippen LogP contribution is 2.61. The largest absolute Gasteiger partial charge is 0.324 e. The molecule has 3 aromatic rings. The van der Waals surface area contributed by atoms with Gasteiger partial charge in [0.1, 0.15) is 5.54 Å². The van der Waals surface area contributed by atoms with Gasteiger partial charge in [0.15, 0.2) is 5.78 Å². The third kappa shape index (κ3) is 2.72. The van der Waals surface area contributed by atoms with Crippen LogP contribution in [-0.4, -0.2) is 39.1 Å². The lowest BCUT2D eigenvalue weighted by atomic mass is 9.69. The van der Waals surface area contributed by atoms with Crippen LogP contribution in [0, 0.1) is 16.0 Å². The third-order valence-corrected chi connectivity index (χ3v) is 7.62. The number of hydrogen-bond donors (Lipinski definition) is 1. The number of pyridine rings is 1. The summed E-state index contributed by atoms with van der Waals surface area (Å²) in [6.07, 6.45) is 4.84. The second-order valence-electron chi connectivity index (χ2n) is 9.12. The van der Waals surface area contributed by atoms with Crippen LogP contribution in [0.15, 0.2) is 73.1 Å². The quantitative estimate of drug-likeness (QED) is 0.364. The second kappa shape index (κ2) is 7.56. The van der Waals surface area contributed by atoms with Gasteiger partial charge in [-0.15, -0.1) is 0 Å². The van der Waals surface area contributed by atoms with Gasteiger partial charge in [0, 0.05) is 53.3 Å². The number of hydrogen-bond acceptors (Lipinski definition) is 6. The number of carbonyl (C=O) groups is 2. The van der Waals surface area contributed by atoms with Crippen molar-refractivity contribution in [2.24, 2.45) is 5.92 Å². The number of amides is 1. The maximum absolute atomic E-state index is 14.2. The monoisotopic (exact) mass is 454 g/mol. The summed E-state index contributed by atoms with van der Waals surface area (Å²) in [4.78, 5) is 45.5. The van der Waals surface area contributed by atoms with Gasteiger partial charge in [-0.05, 0) is 43.1 Å². The molecule has 2 saturated heterocycles. The normalized spacial score (nSPS) is 27.4. The van der Waals surface area contributed by atoms with Crippen LogP contribution >= 0.6 is 0 Å². The molecule has 1 N–H and O–H groups in total. The van der Waals surface area contributed by atoms with E-state index in [1.54, 1.807) is 36.7 Å². The molecule has 4 heterocycles. The van der Waals surface area contributed by atoms with Crippen molar-refractivity contribution in [1.82, 2.24) is 9.88 Å². The van der Waals surface area contributed by atoms with E-state index < -0.39 is 16.4 Å². The number of aromatic nitrogens is 1. The Labute approximate surface area is 195 Å². The van der Waals surface area contributed by atoms with Crippen LogP contribution in [0.5, 0.6) is 0 Å². The first-order valence-electron chi connectivity index (χ1n) is 11.4. The van der Waals surface area contributed by atoms with E-state index in [-0.39, 0.29) is 29.3 Å². The Morgan fingerprint density at radius 2 is 1.91 bits per heavy atom. The van der Waals surface area contributed by atoms with Crippen molar-refractivity contribution in [1.29, 1.82) is 0 Å². The second-order valence-corrected chi connectivity index (χ2v) is 9.12. The Bertz CT molecular complexity index is 1330. The molecule has 0 radical (unpaired) electrons. The number of fused-ring (bicyclic) bond motifs is 4. The van der Waals surface area contributed by atoms with E-state index in [0.29, 0.717) is 23.4 Å². The van der Waals surface area contributed by atoms with Crippen LogP contribution in [0.3, 0.4) is 0 Å². The van der Waals surface area contributed by atoms with Crippen molar-refractivity contribution < 1.29 is 14.5 Å². The summed E-state index contributed by atoms with van der Waals surface area (Å²) in [5, 5.41) is 14.6. The maximum atomic E-state index is 14.2. The number of Topliss-reactive ketones (excluding diaryl/α,β-unsaturated/α-hetero) is 1. The van der Waals surface area contributed by atoms with Crippen molar-refractivity contribution in [2.75, 3.05) is 11.9 Å². The lowest BCUT2D eigenvalue weighted by molar-refractivity contribution is -0.384. The molecule has 1 amide bonds. The average molecular weight is 454 g/mol. The molecule has 8 heteroatoms. The van der Waals surface area contributed by atoms with Gasteiger partial charge < -0.3 is 5.32 Å².